The lowest BCUT2D eigenvalue weighted by molar-refractivity contribution is -0.138. The van der Waals surface area contributed by atoms with Crippen molar-refractivity contribution in [2.75, 3.05) is 75.3 Å². The van der Waals surface area contributed by atoms with E-state index < -0.39 is 17.8 Å². The number of aromatic nitrogens is 3. The summed E-state index contributed by atoms with van der Waals surface area (Å²) in [4.78, 5) is 76.6. The zero-order chi connectivity index (χ0) is 49.0. The molecule has 3 unspecified atom stereocenters. The van der Waals surface area contributed by atoms with E-state index in [9.17, 15) is 19.2 Å². The SMILES string of the molecule is C#Cc1cccc2cccc(-c3ncc4c(N5CC(CC)NC(CC)C5)nc(OCC5(CN6CCN(C(=O)C7CCN(c8ccc9c(c8)CN(C8CCC(=O)NC8=O)C9=O)CC7)CC6)CC5)nc4c3F)c12. The summed E-state index contributed by atoms with van der Waals surface area (Å²) in [6.07, 6.45) is 13.6. The lowest BCUT2D eigenvalue weighted by Crippen LogP contribution is -2.56. The number of anilines is 2. The monoisotopic (exact) mass is 960 g/mol. The van der Waals surface area contributed by atoms with Crippen LogP contribution in [0.2, 0.25) is 0 Å². The van der Waals surface area contributed by atoms with Gasteiger partial charge < -0.3 is 29.7 Å². The van der Waals surface area contributed by atoms with Gasteiger partial charge in [-0.1, -0.05) is 50.1 Å². The van der Waals surface area contributed by atoms with Crippen LogP contribution in [0.25, 0.3) is 32.9 Å². The number of ether oxygens (including phenoxy) is 1. The molecule has 7 heterocycles. The number of pyridine rings is 1. The average molecular weight is 961 g/mol. The van der Waals surface area contributed by atoms with E-state index in [-0.39, 0.29) is 64.8 Å². The van der Waals surface area contributed by atoms with E-state index >= 15 is 4.39 Å². The number of nitrogens with zero attached hydrogens (tertiary/aromatic N) is 8. The third-order valence-electron chi connectivity index (χ3n) is 16.0. The molecule has 0 spiro atoms. The van der Waals surface area contributed by atoms with Gasteiger partial charge in [0.05, 0.1) is 12.0 Å². The number of piperazine rings is 2. The van der Waals surface area contributed by atoms with Crippen molar-refractivity contribution >= 4 is 56.8 Å². The largest absolute Gasteiger partial charge is 0.463 e. The quantitative estimate of drug-likeness (QED) is 0.113. The molecule has 1 saturated carbocycles. The number of amides is 4. The van der Waals surface area contributed by atoms with E-state index in [2.05, 4.69) is 45.1 Å². The fourth-order valence-corrected chi connectivity index (χ4v) is 11.6. The first-order chi connectivity index (χ1) is 34.5. The van der Waals surface area contributed by atoms with E-state index in [1.807, 2.05) is 59.5 Å². The molecule has 4 saturated heterocycles. The molecule has 368 valence electrons. The van der Waals surface area contributed by atoms with Crippen molar-refractivity contribution in [1.82, 2.24) is 40.3 Å². The fourth-order valence-electron chi connectivity index (χ4n) is 11.6. The van der Waals surface area contributed by atoms with Crippen LogP contribution < -0.4 is 25.2 Å². The molecule has 5 aliphatic heterocycles. The lowest BCUT2D eigenvalue weighted by atomic mass is 9.94. The second kappa shape index (κ2) is 19.1. The van der Waals surface area contributed by atoms with Gasteiger partial charge in [0.2, 0.25) is 17.7 Å². The van der Waals surface area contributed by atoms with E-state index in [0.29, 0.717) is 73.6 Å². The third kappa shape index (κ3) is 9.03. The Labute approximate surface area is 413 Å². The van der Waals surface area contributed by atoms with Crippen LogP contribution in [0, 0.1) is 29.5 Å². The van der Waals surface area contributed by atoms with Crippen molar-refractivity contribution in [2.45, 2.75) is 89.9 Å². The molecular formula is C55H61FN10O5. The molecule has 0 radical (unpaired) electrons. The first-order valence-electron chi connectivity index (χ1n) is 25.5. The molecule has 4 amide bonds. The predicted molar refractivity (Wildman–Crippen MR) is 269 cm³/mol. The van der Waals surface area contributed by atoms with Crippen molar-refractivity contribution < 1.29 is 28.3 Å². The molecule has 16 heteroatoms. The molecular weight excluding hydrogens is 900 g/mol. The summed E-state index contributed by atoms with van der Waals surface area (Å²) in [5, 5.41) is 8.34. The number of benzene rings is 3. The number of hydrogen-bond donors (Lipinski definition) is 2. The number of halogens is 1. The van der Waals surface area contributed by atoms with Gasteiger partial charge in [-0.25, -0.2) is 4.39 Å². The molecule has 0 bridgehead atoms. The lowest BCUT2D eigenvalue weighted by Gasteiger charge is -2.40. The van der Waals surface area contributed by atoms with Gasteiger partial charge in [-0.05, 0) is 80.2 Å². The van der Waals surface area contributed by atoms with Gasteiger partial charge in [-0.3, -0.25) is 34.4 Å². The minimum atomic E-state index is -0.645. The van der Waals surface area contributed by atoms with Crippen LogP contribution in [0.5, 0.6) is 6.01 Å². The Morgan fingerprint density at radius 3 is 2.35 bits per heavy atom. The van der Waals surface area contributed by atoms with Crippen LogP contribution in [-0.4, -0.2) is 137 Å². The molecule has 5 fully saturated rings. The number of carbonyl (C=O) groups excluding carboxylic acids is 4. The Morgan fingerprint density at radius 1 is 0.901 bits per heavy atom. The topological polar surface area (TPSA) is 156 Å². The number of nitrogens with one attached hydrogen (secondary N) is 2. The molecule has 15 nitrogen and oxygen atoms in total. The van der Waals surface area contributed by atoms with Crippen molar-refractivity contribution in [3.63, 3.8) is 0 Å². The second-order valence-electron chi connectivity index (χ2n) is 20.5. The highest BCUT2D eigenvalue weighted by atomic mass is 19.1. The summed E-state index contributed by atoms with van der Waals surface area (Å²) in [5.74, 6) is 2.14. The van der Waals surface area contributed by atoms with Crippen LogP contribution in [0.1, 0.15) is 86.7 Å². The maximum atomic E-state index is 17.2. The molecule has 2 N–H and O–H groups in total. The minimum Gasteiger partial charge on any atom is -0.463 e. The highest BCUT2D eigenvalue weighted by Crippen LogP contribution is 2.47. The number of hydrogen-bond acceptors (Lipinski definition) is 12. The summed E-state index contributed by atoms with van der Waals surface area (Å²) in [6.45, 7) is 11.7. The van der Waals surface area contributed by atoms with Gasteiger partial charge in [0.1, 0.15) is 23.1 Å². The van der Waals surface area contributed by atoms with Gasteiger partial charge in [0.15, 0.2) is 5.82 Å². The number of fused-ring (bicyclic) bond motifs is 3. The van der Waals surface area contributed by atoms with Crippen molar-refractivity contribution in [2.24, 2.45) is 11.3 Å². The van der Waals surface area contributed by atoms with E-state index in [1.54, 1.807) is 11.1 Å². The molecule has 5 aromatic rings. The summed E-state index contributed by atoms with van der Waals surface area (Å²) >= 11 is 0. The van der Waals surface area contributed by atoms with Crippen LogP contribution in [0.15, 0.2) is 60.8 Å². The predicted octanol–water partition coefficient (Wildman–Crippen LogP) is 5.91. The van der Waals surface area contributed by atoms with Gasteiger partial charge in [-0.15, -0.1) is 6.42 Å². The number of imide groups is 1. The van der Waals surface area contributed by atoms with Crippen LogP contribution in [-0.2, 0) is 20.9 Å². The van der Waals surface area contributed by atoms with Crippen molar-refractivity contribution in [3.05, 3.63) is 83.3 Å². The average Bonchev–Trinajstić information content (AvgIpc) is 4.09. The summed E-state index contributed by atoms with van der Waals surface area (Å²) in [6, 6.07) is 17.3. The first-order valence-corrected chi connectivity index (χ1v) is 25.5. The summed E-state index contributed by atoms with van der Waals surface area (Å²) < 4.78 is 23.8. The van der Waals surface area contributed by atoms with E-state index in [1.165, 1.54) is 0 Å². The summed E-state index contributed by atoms with van der Waals surface area (Å²) in [5.41, 5.74) is 4.03. The van der Waals surface area contributed by atoms with Crippen LogP contribution in [0.3, 0.4) is 0 Å². The first kappa shape index (κ1) is 46.7. The van der Waals surface area contributed by atoms with Crippen LogP contribution >= 0.6 is 0 Å². The van der Waals surface area contributed by atoms with Gasteiger partial charge in [-0.2, -0.15) is 9.97 Å². The van der Waals surface area contributed by atoms with Crippen molar-refractivity contribution in [3.8, 4) is 29.6 Å². The van der Waals surface area contributed by atoms with E-state index in [4.69, 9.17) is 26.1 Å². The highest BCUT2D eigenvalue weighted by Gasteiger charge is 2.46. The molecule has 2 aromatic heterocycles. The smallest absolute Gasteiger partial charge is 0.319 e. The zero-order valence-electron chi connectivity index (χ0n) is 40.6. The standard InChI is InChI=1S/C55H61FN10O5/c1-4-34-9-7-10-35-11-8-12-42(46(34)35)48-47(56)49-43(28-57-48)50(65-30-38(5-2)58-39(6-3)31-65)61-54(60-49)71-33-55(19-20-55)32-62-23-25-64(26-24-62)52(69)36-17-21-63(22-18-36)40-13-14-41-37(27-40)29-66(53(41)70)44-15-16-45(67)59-51(44)68/h1,7-14,27-28,36,38-39,44,58H,5-6,15-26,29-33H2,2-3H3,(H,59,67,68). The Kier molecular flexibility index (Phi) is 12.6. The number of carbonyl (C=O) groups is 4. The van der Waals surface area contributed by atoms with Crippen LogP contribution in [0.4, 0.5) is 15.9 Å². The van der Waals surface area contributed by atoms with Gasteiger partial charge in [0.25, 0.3) is 5.91 Å². The highest BCUT2D eigenvalue weighted by molar-refractivity contribution is 6.06. The Hall–Kier alpha value is -6.70. The number of rotatable bonds is 12. The summed E-state index contributed by atoms with van der Waals surface area (Å²) in [7, 11) is 0. The molecule has 71 heavy (non-hydrogen) atoms. The van der Waals surface area contributed by atoms with Crippen molar-refractivity contribution in [1.29, 1.82) is 0 Å². The number of piperidine rings is 2. The Morgan fingerprint density at radius 2 is 1.65 bits per heavy atom. The number of terminal acetylenes is 1. The molecule has 3 aromatic carbocycles. The molecule has 6 aliphatic rings. The Balaban J connectivity index is 0.731. The minimum absolute atomic E-state index is 0.0436. The zero-order valence-corrected chi connectivity index (χ0v) is 40.6. The van der Waals surface area contributed by atoms with Gasteiger partial charge >= 0.3 is 6.01 Å². The second-order valence-corrected chi connectivity index (χ2v) is 20.5. The Bertz CT molecular complexity index is 2960. The fraction of sp³-hybridized carbons (Fsp3) is 0.473. The molecule has 11 rings (SSSR count). The van der Waals surface area contributed by atoms with E-state index in [0.717, 1.165) is 93.3 Å². The molecule has 1 aliphatic carbocycles. The molecule has 3 atom stereocenters. The third-order valence-corrected chi connectivity index (χ3v) is 16.0. The maximum Gasteiger partial charge on any atom is 0.319 e. The van der Waals surface area contributed by atoms with Gasteiger partial charge in [0, 0.05) is 129 Å². The normalized spacial score (nSPS) is 22.7. The maximum absolute atomic E-state index is 17.2.